The average Bonchev–Trinajstić information content (AvgIpc) is 2.51. The number of nitrogens with zero attached hydrogens (tertiary/aromatic N) is 2. The van der Waals surface area contributed by atoms with Gasteiger partial charge in [0.2, 0.25) is 0 Å². The molecule has 0 bridgehead atoms. The monoisotopic (exact) mass is 324 g/mol. The smallest absolute Gasteiger partial charge is 0.135 e. The second-order valence-corrected chi connectivity index (χ2v) is 6.52. The zero-order chi connectivity index (χ0) is 16.6. The normalized spacial score (nSPS) is 17.9. The molecule has 0 amide bonds. The van der Waals surface area contributed by atoms with Gasteiger partial charge in [-0.25, -0.2) is 4.98 Å². The van der Waals surface area contributed by atoms with Crippen LogP contribution in [0, 0.1) is 5.41 Å². The van der Waals surface area contributed by atoms with Crippen molar-refractivity contribution in [2.45, 2.75) is 6.61 Å². The molecule has 1 N–H and O–H groups in total. The third-order valence-corrected chi connectivity index (χ3v) is 4.67. The molecule has 124 valence electrons. The minimum atomic E-state index is 0.170. The number of hydrogen-bond donors (Lipinski definition) is 1. The average molecular weight is 324 g/mol. The molecule has 2 aliphatic heterocycles. The molecule has 4 rings (SSSR count). The Kier molecular flexibility index (Phi) is 3.65. The first-order valence-electron chi connectivity index (χ1n) is 8.05. The van der Waals surface area contributed by atoms with Gasteiger partial charge in [-0.15, -0.1) is 0 Å². The lowest BCUT2D eigenvalue weighted by molar-refractivity contribution is -0.127. The Morgan fingerprint density at radius 1 is 1.29 bits per heavy atom. The lowest BCUT2D eigenvalue weighted by Gasteiger charge is -2.55. The largest absolute Gasteiger partial charge is 0.507 e. The molecule has 1 spiro atoms. The highest BCUT2D eigenvalue weighted by Gasteiger charge is 2.49. The lowest BCUT2D eigenvalue weighted by Crippen LogP contribution is -2.66. The van der Waals surface area contributed by atoms with Gasteiger partial charge < -0.3 is 19.5 Å². The van der Waals surface area contributed by atoms with Crippen LogP contribution >= 0.6 is 0 Å². The van der Waals surface area contributed by atoms with Gasteiger partial charge in [-0.05, 0) is 18.2 Å². The summed E-state index contributed by atoms with van der Waals surface area (Å²) in [5, 5.41) is 9.89. The number of aromatic nitrogens is 1. The molecular weight excluding hydrogens is 304 g/mol. The molecule has 2 aromatic rings. The summed E-state index contributed by atoms with van der Waals surface area (Å²) in [4.78, 5) is 6.81. The minimum Gasteiger partial charge on any atom is -0.507 e. The van der Waals surface area contributed by atoms with Gasteiger partial charge in [-0.2, -0.15) is 0 Å². The van der Waals surface area contributed by atoms with Crippen molar-refractivity contribution in [3.63, 3.8) is 0 Å². The van der Waals surface area contributed by atoms with Crippen molar-refractivity contribution in [3.8, 4) is 11.5 Å². The summed E-state index contributed by atoms with van der Waals surface area (Å²) in [6.07, 6.45) is 3.41. The van der Waals surface area contributed by atoms with Crippen LogP contribution in [0.25, 0.3) is 6.08 Å². The van der Waals surface area contributed by atoms with Crippen molar-refractivity contribution in [2.24, 2.45) is 5.41 Å². The van der Waals surface area contributed by atoms with Crippen molar-refractivity contribution < 1.29 is 14.6 Å². The molecular formula is C19H20N2O3. The molecule has 3 heterocycles. The van der Waals surface area contributed by atoms with Gasteiger partial charge in [0.15, 0.2) is 0 Å². The Balaban J connectivity index is 1.50. The van der Waals surface area contributed by atoms with E-state index in [-0.39, 0.29) is 5.75 Å². The Morgan fingerprint density at radius 3 is 2.83 bits per heavy atom. The van der Waals surface area contributed by atoms with Crippen LogP contribution in [0.4, 0.5) is 5.82 Å². The van der Waals surface area contributed by atoms with Crippen LogP contribution in [0.3, 0.4) is 0 Å². The van der Waals surface area contributed by atoms with E-state index in [2.05, 4.69) is 16.5 Å². The highest BCUT2D eigenvalue weighted by molar-refractivity contribution is 5.62. The van der Waals surface area contributed by atoms with Gasteiger partial charge >= 0.3 is 0 Å². The number of phenols is 1. The van der Waals surface area contributed by atoms with E-state index in [4.69, 9.17) is 9.47 Å². The first-order valence-corrected chi connectivity index (χ1v) is 8.05. The summed E-state index contributed by atoms with van der Waals surface area (Å²) >= 11 is 0. The molecule has 0 unspecified atom stereocenters. The van der Waals surface area contributed by atoms with E-state index in [0.717, 1.165) is 37.7 Å². The van der Waals surface area contributed by atoms with Gasteiger partial charge in [0, 0.05) is 24.8 Å². The number of aromatic hydroxyl groups is 1. The Hall–Kier alpha value is -2.53. The summed E-state index contributed by atoms with van der Waals surface area (Å²) in [5.74, 6) is 1.76. The molecule has 24 heavy (non-hydrogen) atoms. The van der Waals surface area contributed by atoms with Crippen LogP contribution in [0.5, 0.6) is 11.5 Å². The van der Waals surface area contributed by atoms with E-state index in [0.29, 0.717) is 23.3 Å². The molecule has 5 heteroatoms. The van der Waals surface area contributed by atoms with E-state index in [1.165, 1.54) is 0 Å². The molecule has 0 saturated carbocycles. The maximum absolute atomic E-state index is 9.89. The van der Waals surface area contributed by atoms with Gasteiger partial charge in [0.25, 0.3) is 0 Å². The quantitative estimate of drug-likeness (QED) is 0.916. The maximum Gasteiger partial charge on any atom is 0.135 e. The third-order valence-electron chi connectivity index (χ3n) is 4.67. The Bertz CT molecular complexity index is 763. The van der Waals surface area contributed by atoms with Crippen molar-refractivity contribution in [2.75, 3.05) is 31.2 Å². The number of ether oxygens (including phenoxy) is 2. The second-order valence-electron chi connectivity index (χ2n) is 6.52. The highest BCUT2D eigenvalue weighted by Crippen LogP contribution is 2.40. The summed E-state index contributed by atoms with van der Waals surface area (Å²) in [7, 11) is 0. The third kappa shape index (κ3) is 2.51. The molecule has 0 aliphatic carbocycles. The van der Waals surface area contributed by atoms with Crippen LogP contribution in [-0.2, 0) is 11.3 Å². The first kappa shape index (κ1) is 15.0. The standard InChI is InChI=1S/C19H20N2O3/c1-2-15-16(22)6-3-7-17(15)24-9-14-5-4-8-20-18(14)21-10-19(11-21)12-23-13-19/h2-8,22H,1,9-13H2. The van der Waals surface area contributed by atoms with E-state index >= 15 is 0 Å². The summed E-state index contributed by atoms with van der Waals surface area (Å²) in [5.41, 5.74) is 1.99. The maximum atomic E-state index is 9.89. The predicted molar refractivity (Wildman–Crippen MR) is 92.2 cm³/mol. The number of benzene rings is 1. The fraction of sp³-hybridized carbons (Fsp3) is 0.316. The Morgan fingerprint density at radius 2 is 2.12 bits per heavy atom. The number of phenolic OH excluding ortho intramolecular Hbond substituents is 1. The van der Waals surface area contributed by atoms with E-state index in [9.17, 15) is 5.11 Å². The zero-order valence-electron chi connectivity index (χ0n) is 13.4. The van der Waals surface area contributed by atoms with Crippen molar-refractivity contribution in [3.05, 3.63) is 54.2 Å². The molecule has 2 saturated heterocycles. The van der Waals surface area contributed by atoms with Crippen LogP contribution in [-0.4, -0.2) is 36.4 Å². The highest BCUT2D eigenvalue weighted by atomic mass is 16.5. The Labute approximate surface area is 141 Å². The van der Waals surface area contributed by atoms with Crippen LogP contribution in [0.15, 0.2) is 43.1 Å². The molecule has 1 aromatic carbocycles. The summed E-state index contributed by atoms with van der Waals surface area (Å²) < 4.78 is 11.3. The summed E-state index contributed by atoms with van der Waals surface area (Å²) in [6.45, 7) is 7.82. The van der Waals surface area contributed by atoms with Crippen LogP contribution < -0.4 is 9.64 Å². The van der Waals surface area contributed by atoms with Gasteiger partial charge in [0.1, 0.15) is 23.9 Å². The van der Waals surface area contributed by atoms with Crippen LogP contribution in [0.2, 0.25) is 0 Å². The van der Waals surface area contributed by atoms with Crippen LogP contribution in [0.1, 0.15) is 11.1 Å². The molecule has 5 nitrogen and oxygen atoms in total. The van der Waals surface area contributed by atoms with E-state index < -0.39 is 0 Å². The predicted octanol–water partition coefficient (Wildman–Crippen LogP) is 2.85. The van der Waals surface area contributed by atoms with Crippen molar-refractivity contribution in [1.29, 1.82) is 0 Å². The fourth-order valence-electron chi connectivity index (χ4n) is 3.33. The zero-order valence-corrected chi connectivity index (χ0v) is 13.4. The van der Waals surface area contributed by atoms with Crippen molar-refractivity contribution in [1.82, 2.24) is 4.98 Å². The molecule has 0 radical (unpaired) electrons. The van der Waals surface area contributed by atoms with E-state index in [1.54, 1.807) is 18.2 Å². The molecule has 2 fully saturated rings. The number of pyridine rings is 1. The first-order chi connectivity index (χ1) is 11.7. The van der Waals surface area contributed by atoms with Crippen molar-refractivity contribution >= 4 is 11.9 Å². The minimum absolute atomic E-state index is 0.170. The van der Waals surface area contributed by atoms with Gasteiger partial charge in [0.05, 0.1) is 24.2 Å². The topological polar surface area (TPSA) is 54.8 Å². The van der Waals surface area contributed by atoms with Gasteiger partial charge in [-0.1, -0.05) is 24.8 Å². The van der Waals surface area contributed by atoms with Gasteiger partial charge in [-0.3, -0.25) is 0 Å². The van der Waals surface area contributed by atoms with E-state index in [1.807, 2.05) is 24.4 Å². The lowest BCUT2D eigenvalue weighted by atomic mass is 9.78. The second kappa shape index (κ2) is 5.83. The SMILES string of the molecule is C=Cc1c(O)cccc1OCc1cccnc1N1CC2(COC2)C1. The number of anilines is 1. The molecule has 1 aromatic heterocycles. The number of rotatable bonds is 5. The molecule has 0 atom stereocenters. The number of hydrogen-bond acceptors (Lipinski definition) is 5. The fourth-order valence-corrected chi connectivity index (χ4v) is 3.33. The summed E-state index contributed by atoms with van der Waals surface area (Å²) in [6, 6.07) is 9.16. The molecule has 2 aliphatic rings.